The molecule has 0 amide bonds. The Hall–Kier alpha value is -0.230. The molecule has 0 saturated heterocycles. The number of rotatable bonds is 7. The third-order valence-corrected chi connectivity index (χ3v) is 1.96. The van der Waals surface area contributed by atoms with E-state index in [0.717, 1.165) is 5.88 Å². The summed E-state index contributed by atoms with van der Waals surface area (Å²) in [5, 5.41) is 0. The average molecular weight is 187 g/mol. The molecule has 0 spiro atoms. The second-order valence-electron chi connectivity index (χ2n) is 2.85. The molecule has 0 N–H and O–H groups in total. The van der Waals surface area contributed by atoms with Crippen LogP contribution in [0.3, 0.4) is 0 Å². The summed E-state index contributed by atoms with van der Waals surface area (Å²) < 4.78 is 0. The first-order valence-electron chi connectivity index (χ1n) is 4.75. The lowest BCUT2D eigenvalue weighted by molar-refractivity contribution is 0.677. The fourth-order valence-electron chi connectivity index (χ4n) is 0.996. The van der Waals surface area contributed by atoms with Gasteiger partial charge in [-0.1, -0.05) is 37.1 Å². The van der Waals surface area contributed by atoms with Crippen molar-refractivity contribution in [3.8, 4) is 0 Å². The van der Waals surface area contributed by atoms with E-state index in [9.17, 15) is 0 Å². The summed E-state index contributed by atoms with van der Waals surface area (Å²) in [6.45, 7) is 2.03. The molecule has 0 nitrogen and oxygen atoms in total. The van der Waals surface area contributed by atoms with Crippen molar-refractivity contribution in [2.24, 2.45) is 0 Å². The van der Waals surface area contributed by atoms with Crippen LogP contribution in [0.5, 0.6) is 0 Å². The maximum atomic E-state index is 5.56. The van der Waals surface area contributed by atoms with Crippen LogP contribution in [0.25, 0.3) is 0 Å². The van der Waals surface area contributed by atoms with Gasteiger partial charge in [-0.15, -0.1) is 11.6 Å². The molecule has 0 aromatic carbocycles. The highest BCUT2D eigenvalue weighted by Gasteiger charge is 1.85. The molecule has 0 aliphatic heterocycles. The molecule has 70 valence electrons. The molecule has 0 fully saturated rings. The van der Waals surface area contributed by atoms with Crippen LogP contribution >= 0.6 is 11.6 Å². The van der Waals surface area contributed by atoms with Crippen LogP contribution in [0, 0.1) is 0 Å². The van der Waals surface area contributed by atoms with Crippen LogP contribution < -0.4 is 0 Å². The molecule has 1 heteroatoms. The van der Waals surface area contributed by atoms with E-state index in [1.54, 1.807) is 0 Å². The second-order valence-corrected chi connectivity index (χ2v) is 3.22. The summed E-state index contributed by atoms with van der Waals surface area (Å²) in [6, 6.07) is 0. The van der Waals surface area contributed by atoms with Crippen molar-refractivity contribution in [2.75, 3.05) is 5.88 Å². The molecule has 0 atom stereocenters. The van der Waals surface area contributed by atoms with Gasteiger partial charge in [0.25, 0.3) is 0 Å². The summed E-state index contributed by atoms with van der Waals surface area (Å²) in [5.74, 6) is 0.814. The predicted octanol–water partition coefficient (Wildman–Crippen LogP) is 4.31. The van der Waals surface area contributed by atoms with E-state index >= 15 is 0 Å². The van der Waals surface area contributed by atoms with Gasteiger partial charge in [0.05, 0.1) is 0 Å². The number of alkyl halides is 1. The van der Waals surface area contributed by atoms with E-state index in [4.69, 9.17) is 11.6 Å². The van der Waals surface area contributed by atoms with Crippen molar-refractivity contribution < 1.29 is 0 Å². The Bertz CT molecular complexity index is 125. The minimum absolute atomic E-state index is 0.814. The minimum atomic E-state index is 0.814. The first kappa shape index (κ1) is 11.8. The van der Waals surface area contributed by atoms with Crippen molar-refractivity contribution in [3.05, 3.63) is 24.3 Å². The molecular formula is C11H19Cl. The molecule has 12 heavy (non-hydrogen) atoms. The molecule has 0 radical (unpaired) electrons. The average Bonchev–Trinajstić information content (AvgIpc) is 2.10. The van der Waals surface area contributed by atoms with Gasteiger partial charge in [0, 0.05) is 5.88 Å². The van der Waals surface area contributed by atoms with Gasteiger partial charge < -0.3 is 0 Å². The summed E-state index contributed by atoms with van der Waals surface area (Å²) >= 11 is 5.56. The normalized spacial score (nSPS) is 11.8. The largest absolute Gasteiger partial charge is 0.127 e. The lowest BCUT2D eigenvalue weighted by atomic mass is 10.1. The molecule has 0 heterocycles. The maximum Gasteiger partial charge on any atom is 0.0223 e. The highest BCUT2D eigenvalue weighted by molar-refractivity contribution is 6.17. The first-order chi connectivity index (χ1) is 5.91. The van der Waals surface area contributed by atoms with Crippen LogP contribution in [0.4, 0.5) is 0 Å². The summed E-state index contributed by atoms with van der Waals surface area (Å²) in [6.07, 6.45) is 14.7. The van der Waals surface area contributed by atoms with Crippen molar-refractivity contribution in [1.82, 2.24) is 0 Å². The van der Waals surface area contributed by atoms with E-state index in [1.807, 2.05) is 13.0 Å². The van der Waals surface area contributed by atoms with E-state index in [1.165, 1.54) is 32.1 Å². The van der Waals surface area contributed by atoms with Gasteiger partial charge in [0.15, 0.2) is 0 Å². The zero-order valence-electron chi connectivity index (χ0n) is 7.93. The number of halogens is 1. The van der Waals surface area contributed by atoms with E-state index in [0.29, 0.717) is 0 Å². The van der Waals surface area contributed by atoms with Gasteiger partial charge in [-0.3, -0.25) is 0 Å². The first-order valence-corrected chi connectivity index (χ1v) is 5.29. The summed E-state index contributed by atoms with van der Waals surface area (Å²) in [4.78, 5) is 0. The van der Waals surface area contributed by atoms with Crippen molar-refractivity contribution >= 4 is 11.6 Å². The fourth-order valence-corrected chi connectivity index (χ4v) is 1.19. The molecule has 0 aliphatic carbocycles. The number of unbranched alkanes of at least 4 members (excludes halogenated alkanes) is 4. The van der Waals surface area contributed by atoms with Crippen LogP contribution in [0.2, 0.25) is 0 Å². The van der Waals surface area contributed by atoms with Gasteiger partial charge in [0.2, 0.25) is 0 Å². The molecule has 0 aromatic heterocycles. The van der Waals surface area contributed by atoms with E-state index < -0.39 is 0 Å². The molecule has 0 aromatic rings. The molecule has 0 bridgehead atoms. The zero-order chi connectivity index (χ0) is 9.07. The Balaban J connectivity index is 3.00. The predicted molar refractivity (Wildman–Crippen MR) is 57.8 cm³/mol. The molecule has 0 aliphatic rings. The molecule has 0 saturated carbocycles. The monoisotopic (exact) mass is 186 g/mol. The van der Waals surface area contributed by atoms with Crippen LogP contribution in [0.1, 0.15) is 39.0 Å². The SMILES string of the molecule is CC=CC=CCCCCCCCl. The Morgan fingerprint density at radius 3 is 2.42 bits per heavy atom. The van der Waals surface area contributed by atoms with Crippen LogP contribution in [-0.2, 0) is 0 Å². The van der Waals surface area contributed by atoms with Crippen molar-refractivity contribution in [1.29, 1.82) is 0 Å². The lowest BCUT2D eigenvalue weighted by Gasteiger charge is -1.94. The number of hydrogen-bond donors (Lipinski definition) is 0. The molecule has 0 rings (SSSR count). The molecular weight excluding hydrogens is 168 g/mol. The maximum absolute atomic E-state index is 5.56. The molecule has 0 unspecified atom stereocenters. The van der Waals surface area contributed by atoms with Gasteiger partial charge in [-0.2, -0.15) is 0 Å². The lowest BCUT2D eigenvalue weighted by Crippen LogP contribution is -1.77. The number of allylic oxidation sites excluding steroid dienone is 4. The third-order valence-electron chi connectivity index (χ3n) is 1.69. The van der Waals surface area contributed by atoms with Crippen molar-refractivity contribution in [2.45, 2.75) is 39.0 Å². The quantitative estimate of drug-likeness (QED) is 0.316. The second kappa shape index (κ2) is 10.8. The van der Waals surface area contributed by atoms with Crippen LogP contribution in [0.15, 0.2) is 24.3 Å². The standard InChI is InChI=1S/C11H19Cl/c1-2-3-4-5-6-7-8-9-10-11-12/h2-5H,6-11H2,1H3. The zero-order valence-corrected chi connectivity index (χ0v) is 8.69. The smallest absolute Gasteiger partial charge is 0.0223 e. The summed E-state index contributed by atoms with van der Waals surface area (Å²) in [5.41, 5.74) is 0. The van der Waals surface area contributed by atoms with Gasteiger partial charge in [-0.05, 0) is 26.2 Å². The summed E-state index contributed by atoms with van der Waals surface area (Å²) in [7, 11) is 0. The van der Waals surface area contributed by atoms with E-state index in [2.05, 4.69) is 18.2 Å². The van der Waals surface area contributed by atoms with Gasteiger partial charge in [-0.25, -0.2) is 0 Å². The fraction of sp³-hybridized carbons (Fsp3) is 0.636. The Morgan fingerprint density at radius 2 is 1.75 bits per heavy atom. The minimum Gasteiger partial charge on any atom is -0.127 e. The Morgan fingerprint density at radius 1 is 1.00 bits per heavy atom. The van der Waals surface area contributed by atoms with Gasteiger partial charge in [0.1, 0.15) is 0 Å². The highest BCUT2D eigenvalue weighted by Crippen LogP contribution is 2.04. The highest BCUT2D eigenvalue weighted by atomic mass is 35.5. The topological polar surface area (TPSA) is 0 Å². The Labute approximate surface area is 81.3 Å². The van der Waals surface area contributed by atoms with Crippen LogP contribution in [-0.4, -0.2) is 5.88 Å². The number of hydrogen-bond acceptors (Lipinski definition) is 0. The van der Waals surface area contributed by atoms with E-state index in [-0.39, 0.29) is 0 Å². The van der Waals surface area contributed by atoms with Crippen molar-refractivity contribution in [3.63, 3.8) is 0 Å². The Kier molecular flexibility index (Phi) is 10.6. The van der Waals surface area contributed by atoms with Gasteiger partial charge >= 0.3 is 0 Å². The third kappa shape index (κ3) is 9.77.